The van der Waals surface area contributed by atoms with Gasteiger partial charge >= 0.3 is 0 Å². The van der Waals surface area contributed by atoms with Crippen LogP contribution in [0.5, 0.6) is 0 Å². The van der Waals surface area contributed by atoms with Gasteiger partial charge < -0.3 is 15.0 Å². The average Bonchev–Trinajstić information content (AvgIpc) is 3.18. The molecule has 36 heavy (non-hydrogen) atoms. The van der Waals surface area contributed by atoms with Crippen LogP contribution in [0.15, 0.2) is 18.3 Å². The summed E-state index contributed by atoms with van der Waals surface area (Å²) >= 11 is 0. The van der Waals surface area contributed by atoms with Crippen molar-refractivity contribution in [3.8, 4) is 11.5 Å². The minimum atomic E-state index is -0.759. The number of rotatable bonds is 8. The summed E-state index contributed by atoms with van der Waals surface area (Å²) in [5.41, 5.74) is 3.70. The van der Waals surface area contributed by atoms with Crippen molar-refractivity contribution >= 4 is 17.0 Å². The molecule has 2 fully saturated rings. The van der Waals surface area contributed by atoms with Crippen molar-refractivity contribution < 1.29 is 5.11 Å². The molecule has 194 valence electrons. The van der Waals surface area contributed by atoms with E-state index in [1.165, 1.54) is 50.5 Å². The summed E-state index contributed by atoms with van der Waals surface area (Å²) in [6.07, 6.45) is 9.95. The Labute approximate surface area is 215 Å². The Morgan fingerprint density at radius 2 is 1.78 bits per heavy atom. The molecular weight excluding hydrogens is 448 g/mol. The molecule has 2 saturated carbocycles. The molecule has 2 aliphatic rings. The van der Waals surface area contributed by atoms with Gasteiger partial charge in [0.2, 0.25) is 0 Å². The highest BCUT2D eigenvalue weighted by Crippen LogP contribution is 2.36. The lowest BCUT2D eigenvalue weighted by Crippen LogP contribution is -2.31. The van der Waals surface area contributed by atoms with E-state index in [2.05, 4.69) is 49.7 Å². The number of imidazole rings is 1. The molecule has 3 heterocycles. The fraction of sp³-hybridized carbons (Fsp3) is 0.655. The molecule has 2 N–H and O–H groups in total. The Morgan fingerprint density at radius 3 is 2.42 bits per heavy atom. The number of pyridine rings is 1. The highest BCUT2D eigenvalue weighted by atomic mass is 16.3. The minimum Gasteiger partial charge on any atom is -0.385 e. The lowest BCUT2D eigenvalue weighted by Gasteiger charge is -2.32. The summed E-state index contributed by atoms with van der Waals surface area (Å²) in [6.45, 7) is 11.6. The number of hydrogen-bond acceptors (Lipinski definition) is 6. The molecule has 7 heteroatoms. The first kappa shape index (κ1) is 25.1. The van der Waals surface area contributed by atoms with E-state index in [1.807, 2.05) is 6.20 Å². The van der Waals surface area contributed by atoms with Crippen molar-refractivity contribution in [2.75, 3.05) is 5.32 Å². The van der Waals surface area contributed by atoms with Gasteiger partial charge in [0.15, 0.2) is 23.1 Å². The number of aromatic nitrogens is 5. The largest absolute Gasteiger partial charge is 0.385 e. The summed E-state index contributed by atoms with van der Waals surface area (Å²) in [7, 11) is 0. The van der Waals surface area contributed by atoms with Crippen molar-refractivity contribution in [3.63, 3.8) is 0 Å². The molecule has 0 aliphatic heterocycles. The second-order valence-corrected chi connectivity index (χ2v) is 11.7. The normalized spacial score (nSPS) is 22.5. The summed E-state index contributed by atoms with van der Waals surface area (Å²) in [5, 5.41) is 14.1. The number of aliphatic hydroxyl groups is 1. The molecule has 2 atom stereocenters. The van der Waals surface area contributed by atoms with Crippen LogP contribution in [0.4, 0.5) is 5.82 Å². The van der Waals surface area contributed by atoms with Crippen LogP contribution in [-0.2, 0) is 6.54 Å². The second-order valence-electron chi connectivity index (χ2n) is 11.7. The minimum absolute atomic E-state index is 0.309. The fourth-order valence-electron chi connectivity index (χ4n) is 5.69. The monoisotopic (exact) mass is 490 g/mol. The number of nitrogens with zero attached hydrogens (tertiary/aromatic N) is 5. The number of nitrogens with one attached hydrogen (secondary N) is 1. The van der Waals surface area contributed by atoms with E-state index in [4.69, 9.17) is 19.9 Å². The smallest absolute Gasteiger partial charge is 0.184 e. The number of anilines is 1. The van der Waals surface area contributed by atoms with Crippen LogP contribution in [-0.4, -0.2) is 35.7 Å². The Bertz CT molecular complexity index is 1190. The second kappa shape index (κ2) is 10.4. The van der Waals surface area contributed by atoms with Crippen molar-refractivity contribution in [1.82, 2.24) is 24.5 Å². The lowest BCUT2D eigenvalue weighted by molar-refractivity contribution is 0.189. The van der Waals surface area contributed by atoms with Gasteiger partial charge in [-0.1, -0.05) is 40.0 Å². The maximum atomic E-state index is 10.4. The van der Waals surface area contributed by atoms with Crippen LogP contribution < -0.4 is 5.32 Å². The molecule has 3 aromatic rings. The summed E-state index contributed by atoms with van der Waals surface area (Å²) in [5.74, 6) is 4.52. The predicted molar refractivity (Wildman–Crippen MR) is 145 cm³/mol. The third-order valence-corrected chi connectivity index (χ3v) is 8.47. The first-order chi connectivity index (χ1) is 17.3. The average molecular weight is 491 g/mol. The molecular formula is C29H42N6O. The van der Waals surface area contributed by atoms with E-state index in [0.29, 0.717) is 35.3 Å². The van der Waals surface area contributed by atoms with E-state index < -0.39 is 6.10 Å². The van der Waals surface area contributed by atoms with Gasteiger partial charge in [-0.05, 0) is 80.9 Å². The molecule has 0 aromatic carbocycles. The van der Waals surface area contributed by atoms with Gasteiger partial charge in [0.25, 0.3) is 0 Å². The van der Waals surface area contributed by atoms with Crippen LogP contribution in [0.3, 0.4) is 0 Å². The molecule has 7 nitrogen and oxygen atoms in total. The van der Waals surface area contributed by atoms with Crippen LogP contribution >= 0.6 is 0 Å². The van der Waals surface area contributed by atoms with Gasteiger partial charge in [0.05, 0.1) is 0 Å². The third kappa shape index (κ3) is 5.13. The maximum Gasteiger partial charge on any atom is 0.184 e. The molecule has 5 rings (SSSR count). The molecule has 1 unspecified atom stereocenters. The van der Waals surface area contributed by atoms with Crippen LogP contribution in [0.1, 0.15) is 103 Å². The quantitative estimate of drug-likeness (QED) is 0.375. The van der Waals surface area contributed by atoms with Crippen molar-refractivity contribution in [3.05, 3.63) is 29.7 Å². The van der Waals surface area contributed by atoms with E-state index in [-0.39, 0.29) is 0 Å². The highest BCUT2D eigenvalue weighted by molar-refractivity contribution is 5.87. The van der Waals surface area contributed by atoms with Crippen LogP contribution in [0, 0.1) is 17.8 Å². The van der Waals surface area contributed by atoms with Gasteiger partial charge in [-0.2, -0.15) is 0 Å². The summed E-state index contributed by atoms with van der Waals surface area (Å²) < 4.78 is 2.32. The SMILES string of the molecule is CC(C)c1ccnc(-c2nc3nc(C(C)O)nc(N[C@H](C)C4CCC4)c3n2C[C@H]2CC[C@H](C)CC2)c1. The Kier molecular flexibility index (Phi) is 7.29. The van der Waals surface area contributed by atoms with Crippen molar-refractivity contribution in [2.24, 2.45) is 17.8 Å². The highest BCUT2D eigenvalue weighted by Gasteiger charge is 2.28. The number of fused-ring (bicyclic) bond motifs is 1. The maximum absolute atomic E-state index is 10.4. The fourth-order valence-corrected chi connectivity index (χ4v) is 5.69. The molecule has 2 aliphatic carbocycles. The van der Waals surface area contributed by atoms with Crippen LogP contribution in [0.25, 0.3) is 22.7 Å². The summed E-state index contributed by atoms with van der Waals surface area (Å²) in [6, 6.07) is 4.56. The van der Waals surface area contributed by atoms with Gasteiger partial charge in [0, 0.05) is 18.8 Å². The van der Waals surface area contributed by atoms with E-state index >= 15 is 0 Å². The van der Waals surface area contributed by atoms with Crippen molar-refractivity contribution in [1.29, 1.82) is 0 Å². The Hall–Kier alpha value is -2.54. The molecule has 0 amide bonds. The zero-order chi connectivity index (χ0) is 25.4. The van der Waals surface area contributed by atoms with Gasteiger partial charge in [-0.25, -0.2) is 15.0 Å². The Morgan fingerprint density at radius 1 is 1.03 bits per heavy atom. The first-order valence-corrected chi connectivity index (χ1v) is 14.0. The van der Waals surface area contributed by atoms with E-state index in [1.54, 1.807) is 6.92 Å². The van der Waals surface area contributed by atoms with Gasteiger partial charge in [-0.15, -0.1) is 0 Å². The lowest BCUT2D eigenvalue weighted by atomic mass is 9.80. The van der Waals surface area contributed by atoms with Gasteiger partial charge in [0.1, 0.15) is 17.3 Å². The molecule has 0 spiro atoms. The summed E-state index contributed by atoms with van der Waals surface area (Å²) in [4.78, 5) is 19.4. The molecule has 0 radical (unpaired) electrons. The molecule has 3 aromatic heterocycles. The molecule has 0 saturated heterocycles. The standard InChI is InChI=1S/C29H42N6O/c1-17(2)23-13-14-30-24(15-23)29-34-28-25(35(29)16-21-11-9-18(3)10-12-21)27(32-26(33-28)20(5)36)31-19(4)22-7-6-8-22/h13-15,17-22,36H,6-12,16H2,1-5H3,(H,31,32,33)/t18-,19-,20?,21-/m1/s1. The topological polar surface area (TPSA) is 88.8 Å². The van der Waals surface area contributed by atoms with Gasteiger partial charge in [-0.3, -0.25) is 4.98 Å². The van der Waals surface area contributed by atoms with E-state index in [0.717, 1.165) is 35.3 Å². The predicted octanol–water partition coefficient (Wildman–Crippen LogP) is 6.49. The van der Waals surface area contributed by atoms with E-state index in [9.17, 15) is 5.11 Å². The van der Waals surface area contributed by atoms with Crippen LogP contribution in [0.2, 0.25) is 0 Å². The Balaban J connectivity index is 1.65. The molecule has 0 bridgehead atoms. The number of aliphatic hydroxyl groups excluding tert-OH is 1. The third-order valence-electron chi connectivity index (χ3n) is 8.47. The van der Waals surface area contributed by atoms with Crippen molar-refractivity contribution in [2.45, 2.75) is 104 Å². The first-order valence-electron chi connectivity index (χ1n) is 14.0. The number of hydrogen-bond donors (Lipinski definition) is 2. The zero-order valence-corrected chi connectivity index (χ0v) is 22.5. The zero-order valence-electron chi connectivity index (χ0n) is 22.5.